The number of benzene rings is 3. The summed E-state index contributed by atoms with van der Waals surface area (Å²) in [4.78, 5) is 44.3. The third-order valence-electron chi connectivity index (χ3n) is 11.6. The normalized spacial score (nSPS) is 23.1. The Morgan fingerprint density at radius 2 is 1.81 bits per heavy atom. The van der Waals surface area contributed by atoms with E-state index in [0.29, 0.717) is 56.8 Å². The van der Waals surface area contributed by atoms with E-state index in [4.69, 9.17) is 9.47 Å². The second-order valence-corrected chi connectivity index (χ2v) is 20.7. The van der Waals surface area contributed by atoms with Gasteiger partial charge in [-0.15, -0.1) is 5.10 Å². The van der Waals surface area contributed by atoms with E-state index in [1.165, 1.54) is 0 Å². The maximum Gasteiger partial charge on any atom is 0.264 e. The molecule has 2 amide bonds. The Hall–Kier alpha value is -3.96. The number of carbonyl (C=O) groups is 2. The molecule has 1 saturated heterocycles. The maximum atomic E-state index is 15.0. The second kappa shape index (κ2) is 17.1. The summed E-state index contributed by atoms with van der Waals surface area (Å²) in [5.74, 6) is 0.220. The number of amides is 2. The number of rotatable bonds is 16. The SMILES string of the molecule is CCOc1ccc2c(c1)CC(NCCCCO)C(=O)N2c1ccc(CN2C(=O)[C@]3(O[C@H](CCn4cc(CCO)nn4)[C@@H]([Si](C)(C)O)[C@@H]3C)c3cc(Br)ccc32)cc1. The number of hydrogen-bond acceptors (Lipinski definition) is 10. The Balaban J connectivity index is 1.16. The predicted molar refractivity (Wildman–Crippen MR) is 223 cm³/mol. The minimum atomic E-state index is -2.87. The average molecular weight is 862 g/mol. The molecule has 3 aliphatic rings. The first-order valence-corrected chi connectivity index (χ1v) is 23.8. The number of anilines is 3. The van der Waals surface area contributed by atoms with Gasteiger partial charge in [0.1, 0.15) is 5.75 Å². The lowest BCUT2D eigenvalue weighted by atomic mass is 9.82. The van der Waals surface area contributed by atoms with E-state index in [-0.39, 0.29) is 43.0 Å². The molecule has 15 heteroatoms. The number of nitrogens with one attached hydrogen (secondary N) is 1. The van der Waals surface area contributed by atoms with Gasteiger partial charge >= 0.3 is 0 Å². The monoisotopic (exact) mass is 860 g/mol. The van der Waals surface area contributed by atoms with Gasteiger partial charge in [-0.05, 0) is 112 Å². The molecule has 0 bridgehead atoms. The Bertz CT molecular complexity index is 2080. The number of aliphatic hydroxyl groups excluding tert-OH is 2. The second-order valence-electron chi connectivity index (χ2n) is 15.9. The van der Waals surface area contributed by atoms with Crippen molar-refractivity contribution in [1.82, 2.24) is 20.3 Å². The van der Waals surface area contributed by atoms with Gasteiger partial charge in [-0.3, -0.25) is 19.2 Å². The molecule has 1 aromatic heterocycles. The molecule has 0 radical (unpaired) electrons. The molecule has 1 unspecified atom stereocenters. The van der Waals surface area contributed by atoms with E-state index in [1.54, 1.807) is 14.5 Å². The molecule has 7 rings (SSSR count). The van der Waals surface area contributed by atoms with E-state index >= 15 is 0 Å². The summed E-state index contributed by atoms with van der Waals surface area (Å²) in [7, 11) is -2.87. The Labute approximate surface area is 343 Å². The molecular weight excluding hydrogens is 808 g/mol. The zero-order valence-corrected chi connectivity index (χ0v) is 35.6. The summed E-state index contributed by atoms with van der Waals surface area (Å²) >= 11 is 3.65. The molecule has 4 N–H and O–H groups in total. The van der Waals surface area contributed by atoms with Crippen molar-refractivity contribution in [3.8, 4) is 5.75 Å². The lowest BCUT2D eigenvalue weighted by Crippen LogP contribution is -2.49. The molecule has 3 aromatic carbocycles. The number of aryl methyl sites for hydroxylation is 1. The van der Waals surface area contributed by atoms with Gasteiger partial charge < -0.3 is 34.7 Å². The van der Waals surface area contributed by atoms with Crippen LogP contribution >= 0.6 is 15.9 Å². The Kier molecular flexibility index (Phi) is 12.4. The van der Waals surface area contributed by atoms with E-state index in [0.717, 1.165) is 44.7 Å². The highest BCUT2D eigenvalue weighted by atomic mass is 79.9. The van der Waals surface area contributed by atoms with Crippen molar-refractivity contribution in [2.45, 2.75) is 95.4 Å². The molecule has 4 aromatic rings. The third-order valence-corrected chi connectivity index (χ3v) is 14.6. The highest BCUT2D eigenvalue weighted by Gasteiger charge is 2.66. The van der Waals surface area contributed by atoms with Crippen LogP contribution in [0.5, 0.6) is 5.75 Å². The molecule has 0 saturated carbocycles. The van der Waals surface area contributed by atoms with Crippen LogP contribution in [0, 0.1) is 5.92 Å². The number of carbonyl (C=O) groups excluding carboxylic acids is 2. The van der Waals surface area contributed by atoms with Crippen LogP contribution in [0.3, 0.4) is 0 Å². The van der Waals surface area contributed by atoms with Gasteiger partial charge in [-0.2, -0.15) is 0 Å². The quantitative estimate of drug-likeness (QED) is 0.0853. The fraction of sp³-hybridized carbons (Fsp3) is 0.476. The number of unbranched alkanes of at least 4 members (excludes halogenated alkanes) is 1. The Morgan fingerprint density at radius 3 is 2.53 bits per heavy atom. The summed E-state index contributed by atoms with van der Waals surface area (Å²) in [5, 5.41) is 30.4. The molecule has 5 atom stereocenters. The molecule has 1 fully saturated rings. The van der Waals surface area contributed by atoms with Crippen LogP contribution in [-0.2, 0) is 45.9 Å². The van der Waals surface area contributed by atoms with Crippen LogP contribution in [0.2, 0.25) is 18.6 Å². The topological polar surface area (TPSA) is 163 Å². The van der Waals surface area contributed by atoms with Crippen LogP contribution in [0.1, 0.15) is 55.5 Å². The van der Waals surface area contributed by atoms with Crippen molar-refractivity contribution in [3.05, 3.63) is 93.7 Å². The Morgan fingerprint density at radius 1 is 1.04 bits per heavy atom. The lowest BCUT2D eigenvalue weighted by molar-refractivity contribution is -0.146. The minimum Gasteiger partial charge on any atom is -0.494 e. The number of fused-ring (bicyclic) bond motifs is 3. The van der Waals surface area contributed by atoms with Crippen molar-refractivity contribution in [3.63, 3.8) is 0 Å². The molecule has 0 aliphatic carbocycles. The zero-order chi connectivity index (χ0) is 40.5. The number of ether oxygens (including phenoxy) is 2. The summed E-state index contributed by atoms with van der Waals surface area (Å²) in [6.45, 7) is 9.83. The van der Waals surface area contributed by atoms with Crippen molar-refractivity contribution < 1.29 is 34.1 Å². The first-order valence-electron chi connectivity index (χ1n) is 19.9. The molecule has 57 heavy (non-hydrogen) atoms. The van der Waals surface area contributed by atoms with Crippen molar-refractivity contribution in [2.75, 3.05) is 36.2 Å². The first kappa shape index (κ1) is 41.2. The highest BCUT2D eigenvalue weighted by Crippen LogP contribution is 2.60. The standard InChI is InChI=1S/C42H53BrN6O7Si/c1-5-55-33-13-15-36-29(22-33)23-35(44-18-6-7-20-50)40(52)49(36)32-11-8-28(9-12-32)25-48-37-14-10-30(43)24-34(37)42(41(48)53)27(2)39(57(3,4)54)38(56-42)16-19-47-26-31(17-21-51)45-46-47/h8-15,22,24,26-27,35,38-39,44,50-51,54H,5-7,16-21,23,25H2,1-4H3/t27-,35?,38+,39-,42+/m0/s1. The van der Waals surface area contributed by atoms with E-state index < -0.39 is 26.1 Å². The van der Waals surface area contributed by atoms with Crippen LogP contribution in [0.4, 0.5) is 17.1 Å². The van der Waals surface area contributed by atoms with Gasteiger partial charge in [-0.1, -0.05) is 40.2 Å². The van der Waals surface area contributed by atoms with Gasteiger partial charge in [-0.25, -0.2) is 0 Å². The number of aliphatic hydroxyl groups is 2. The largest absolute Gasteiger partial charge is 0.494 e. The highest BCUT2D eigenvalue weighted by molar-refractivity contribution is 9.10. The lowest BCUT2D eigenvalue weighted by Gasteiger charge is -2.35. The fourth-order valence-corrected chi connectivity index (χ4v) is 12.0. The van der Waals surface area contributed by atoms with Crippen molar-refractivity contribution in [2.24, 2.45) is 5.92 Å². The summed E-state index contributed by atoms with van der Waals surface area (Å²) in [6, 6.07) is 19.0. The van der Waals surface area contributed by atoms with Crippen LogP contribution in [-0.4, -0.2) is 88.6 Å². The summed E-state index contributed by atoms with van der Waals surface area (Å²) in [6.07, 6.45) is 4.31. The smallest absolute Gasteiger partial charge is 0.264 e. The number of aromatic nitrogens is 3. The number of nitrogens with zero attached hydrogens (tertiary/aromatic N) is 5. The predicted octanol–water partition coefficient (Wildman–Crippen LogP) is 5.36. The molecule has 13 nitrogen and oxygen atoms in total. The van der Waals surface area contributed by atoms with E-state index in [1.807, 2.05) is 93.8 Å². The molecule has 4 heterocycles. The van der Waals surface area contributed by atoms with E-state index in [9.17, 15) is 24.6 Å². The maximum absolute atomic E-state index is 15.0. The van der Waals surface area contributed by atoms with Crippen molar-refractivity contribution >= 4 is 53.1 Å². The zero-order valence-electron chi connectivity index (χ0n) is 33.0. The average Bonchev–Trinajstić information content (AvgIpc) is 3.83. The first-order chi connectivity index (χ1) is 27.4. The summed E-state index contributed by atoms with van der Waals surface area (Å²) < 4.78 is 15.4. The fourth-order valence-electron chi connectivity index (χ4n) is 9.07. The van der Waals surface area contributed by atoms with Crippen molar-refractivity contribution in [1.29, 1.82) is 0 Å². The van der Waals surface area contributed by atoms with Crippen LogP contribution in [0.25, 0.3) is 0 Å². The van der Waals surface area contributed by atoms with E-state index in [2.05, 4.69) is 31.6 Å². The third kappa shape index (κ3) is 8.07. The molecule has 1 spiro atoms. The minimum absolute atomic E-state index is 0.0112. The van der Waals surface area contributed by atoms with Gasteiger partial charge in [0.15, 0.2) is 13.9 Å². The van der Waals surface area contributed by atoms with Crippen LogP contribution < -0.4 is 19.9 Å². The number of hydrogen-bond donors (Lipinski definition) is 4. The van der Waals surface area contributed by atoms with Gasteiger partial charge in [0, 0.05) is 59.6 Å². The van der Waals surface area contributed by atoms with Crippen LogP contribution in [0.15, 0.2) is 71.3 Å². The van der Waals surface area contributed by atoms with Gasteiger partial charge in [0.25, 0.3) is 5.91 Å². The number of halogens is 1. The molecule has 304 valence electrons. The van der Waals surface area contributed by atoms with Gasteiger partial charge in [0.05, 0.1) is 42.4 Å². The van der Waals surface area contributed by atoms with Gasteiger partial charge in [0.2, 0.25) is 5.91 Å². The molecule has 3 aliphatic heterocycles. The summed E-state index contributed by atoms with van der Waals surface area (Å²) in [5.41, 5.74) is 4.12. The molecular formula is C42H53BrN6O7Si.